The van der Waals surface area contributed by atoms with E-state index in [4.69, 9.17) is 11.6 Å². The SMILES string of the molecule is O=C(NC1CCN(C(=O)C2CC2)CC1)c1c(F)cccc1Cl. The van der Waals surface area contributed by atoms with Crippen LogP contribution >= 0.6 is 11.6 Å². The Bertz CT molecular complexity index is 576. The third-order valence-corrected chi connectivity index (χ3v) is 4.57. The maximum absolute atomic E-state index is 13.7. The summed E-state index contributed by atoms with van der Waals surface area (Å²) >= 11 is 5.89. The average molecular weight is 325 g/mol. The van der Waals surface area contributed by atoms with E-state index in [0.717, 1.165) is 12.8 Å². The minimum Gasteiger partial charge on any atom is -0.349 e. The van der Waals surface area contributed by atoms with Crippen LogP contribution < -0.4 is 5.32 Å². The summed E-state index contributed by atoms with van der Waals surface area (Å²) in [7, 11) is 0. The highest BCUT2D eigenvalue weighted by molar-refractivity contribution is 6.33. The predicted octanol–water partition coefficient (Wildman–Crippen LogP) is 2.61. The van der Waals surface area contributed by atoms with Crippen molar-refractivity contribution in [2.24, 2.45) is 5.92 Å². The first kappa shape index (κ1) is 15.3. The number of hydrogen-bond donors (Lipinski definition) is 1. The third kappa shape index (κ3) is 3.24. The van der Waals surface area contributed by atoms with Crippen LogP contribution in [0.4, 0.5) is 4.39 Å². The van der Waals surface area contributed by atoms with Gasteiger partial charge in [-0.05, 0) is 37.8 Å². The Kier molecular flexibility index (Phi) is 4.34. The van der Waals surface area contributed by atoms with Crippen molar-refractivity contribution >= 4 is 23.4 Å². The van der Waals surface area contributed by atoms with Gasteiger partial charge in [-0.1, -0.05) is 17.7 Å². The third-order valence-electron chi connectivity index (χ3n) is 4.26. The van der Waals surface area contributed by atoms with E-state index in [1.54, 1.807) is 0 Å². The molecular formula is C16H18ClFN2O2. The molecule has 0 unspecified atom stereocenters. The first-order chi connectivity index (χ1) is 10.6. The minimum atomic E-state index is -0.619. The van der Waals surface area contributed by atoms with E-state index in [9.17, 15) is 14.0 Å². The Morgan fingerprint density at radius 3 is 2.45 bits per heavy atom. The number of nitrogens with one attached hydrogen (secondary N) is 1. The van der Waals surface area contributed by atoms with Crippen molar-refractivity contribution in [1.29, 1.82) is 0 Å². The molecule has 1 aromatic rings. The van der Waals surface area contributed by atoms with Gasteiger partial charge in [0.25, 0.3) is 5.91 Å². The van der Waals surface area contributed by atoms with E-state index in [2.05, 4.69) is 5.32 Å². The fourth-order valence-electron chi connectivity index (χ4n) is 2.80. The van der Waals surface area contributed by atoms with Gasteiger partial charge >= 0.3 is 0 Å². The molecule has 1 saturated heterocycles. The second-order valence-corrected chi connectivity index (χ2v) is 6.35. The molecule has 1 aliphatic carbocycles. The molecule has 118 valence electrons. The van der Waals surface area contributed by atoms with Crippen LogP contribution in [0.3, 0.4) is 0 Å². The van der Waals surface area contributed by atoms with Crippen molar-refractivity contribution in [3.63, 3.8) is 0 Å². The molecule has 6 heteroatoms. The van der Waals surface area contributed by atoms with Crippen LogP contribution in [-0.2, 0) is 4.79 Å². The van der Waals surface area contributed by atoms with E-state index in [1.807, 2.05) is 4.90 Å². The molecule has 1 N–H and O–H groups in total. The number of piperidine rings is 1. The normalized spacial score (nSPS) is 19.1. The van der Waals surface area contributed by atoms with Crippen LogP contribution in [0.15, 0.2) is 18.2 Å². The largest absolute Gasteiger partial charge is 0.349 e. The zero-order valence-electron chi connectivity index (χ0n) is 12.1. The molecule has 22 heavy (non-hydrogen) atoms. The second kappa shape index (κ2) is 6.24. The van der Waals surface area contributed by atoms with E-state index >= 15 is 0 Å². The topological polar surface area (TPSA) is 49.4 Å². The first-order valence-corrected chi connectivity index (χ1v) is 7.97. The number of hydrogen-bond acceptors (Lipinski definition) is 2. The summed E-state index contributed by atoms with van der Waals surface area (Å²) in [4.78, 5) is 26.0. The molecule has 0 atom stereocenters. The zero-order valence-corrected chi connectivity index (χ0v) is 12.9. The van der Waals surface area contributed by atoms with Gasteiger partial charge in [0.1, 0.15) is 5.82 Å². The molecule has 1 heterocycles. The Balaban J connectivity index is 1.56. The van der Waals surface area contributed by atoms with Crippen molar-refractivity contribution in [2.45, 2.75) is 31.7 Å². The molecule has 4 nitrogen and oxygen atoms in total. The standard InChI is InChI=1S/C16H18ClFN2O2/c17-12-2-1-3-13(18)14(12)15(21)19-11-6-8-20(9-7-11)16(22)10-4-5-10/h1-3,10-11H,4-9H2,(H,19,21). The summed E-state index contributed by atoms with van der Waals surface area (Å²) in [5.74, 6) is -0.647. The Morgan fingerprint density at radius 1 is 1.18 bits per heavy atom. The highest BCUT2D eigenvalue weighted by Gasteiger charge is 2.35. The fraction of sp³-hybridized carbons (Fsp3) is 0.500. The van der Waals surface area contributed by atoms with Crippen molar-refractivity contribution in [3.05, 3.63) is 34.6 Å². The summed E-state index contributed by atoms with van der Waals surface area (Å²) in [6.45, 7) is 1.29. The lowest BCUT2D eigenvalue weighted by molar-refractivity contribution is -0.133. The van der Waals surface area contributed by atoms with Gasteiger partial charge in [-0.25, -0.2) is 4.39 Å². The molecule has 0 radical (unpaired) electrons. The molecule has 1 aromatic carbocycles. The van der Waals surface area contributed by atoms with E-state index in [1.165, 1.54) is 18.2 Å². The quantitative estimate of drug-likeness (QED) is 0.929. The number of halogens is 2. The van der Waals surface area contributed by atoms with Gasteiger partial charge in [0.05, 0.1) is 10.6 Å². The summed E-state index contributed by atoms with van der Waals surface area (Å²) in [6, 6.07) is 4.14. The van der Waals surface area contributed by atoms with Gasteiger partial charge in [-0.3, -0.25) is 9.59 Å². The van der Waals surface area contributed by atoms with Crippen LogP contribution in [0, 0.1) is 11.7 Å². The van der Waals surface area contributed by atoms with Gasteiger partial charge in [-0.2, -0.15) is 0 Å². The maximum atomic E-state index is 13.7. The zero-order chi connectivity index (χ0) is 15.7. The summed E-state index contributed by atoms with van der Waals surface area (Å²) in [6.07, 6.45) is 3.38. The van der Waals surface area contributed by atoms with E-state index in [0.29, 0.717) is 25.9 Å². The maximum Gasteiger partial charge on any atom is 0.255 e. The number of benzene rings is 1. The summed E-state index contributed by atoms with van der Waals surface area (Å²) < 4.78 is 13.7. The van der Waals surface area contributed by atoms with Crippen molar-refractivity contribution in [3.8, 4) is 0 Å². The number of nitrogens with zero attached hydrogens (tertiary/aromatic N) is 1. The minimum absolute atomic E-state index is 0.0496. The lowest BCUT2D eigenvalue weighted by Crippen LogP contribution is -2.47. The van der Waals surface area contributed by atoms with Gasteiger partial charge < -0.3 is 10.2 Å². The number of carbonyl (C=O) groups is 2. The molecular weight excluding hydrogens is 307 g/mol. The van der Waals surface area contributed by atoms with Gasteiger partial charge in [0.2, 0.25) is 5.91 Å². The van der Waals surface area contributed by atoms with E-state index in [-0.39, 0.29) is 28.5 Å². The number of likely N-dealkylation sites (tertiary alicyclic amines) is 1. The molecule has 3 rings (SSSR count). The van der Waals surface area contributed by atoms with Crippen LogP contribution in [0.25, 0.3) is 0 Å². The molecule has 2 amide bonds. The number of rotatable bonds is 3. The smallest absolute Gasteiger partial charge is 0.255 e. The molecule has 2 aliphatic rings. The summed E-state index contributed by atoms with van der Waals surface area (Å²) in [5, 5.41) is 2.93. The Labute approximate surface area is 133 Å². The highest BCUT2D eigenvalue weighted by Crippen LogP contribution is 2.32. The fourth-order valence-corrected chi connectivity index (χ4v) is 3.05. The monoisotopic (exact) mass is 324 g/mol. The molecule has 0 bridgehead atoms. The van der Waals surface area contributed by atoms with Crippen LogP contribution in [0.5, 0.6) is 0 Å². The number of amides is 2. The van der Waals surface area contributed by atoms with Gasteiger partial charge in [0, 0.05) is 25.0 Å². The van der Waals surface area contributed by atoms with Crippen LogP contribution in [0.2, 0.25) is 5.02 Å². The van der Waals surface area contributed by atoms with Crippen molar-refractivity contribution in [2.75, 3.05) is 13.1 Å². The Morgan fingerprint density at radius 2 is 1.86 bits per heavy atom. The van der Waals surface area contributed by atoms with Crippen molar-refractivity contribution in [1.82, 2.24) is 10.2 Å². The molecule has 1 saturated carbocycles. The lowest BCUT2D eigenvalue weighted by Gasteiger charge is -2.32. The Hall–Kier alpha value is -1.62. The van der Waals surface area contributed by atoms with Gasteiger partial charge in [0.15, 0.2) is 0 Å². The van der Waals surface area contributed by atoms with Crippen LogP contribution in [0.1, 0.15) is 36.0 Å². The highest BCUT2D eigenvalue weighted by atomic mass is 35.5. The van der Waals surface area contributed by atoms with E-state index < -0.39 is 11.7 Å². The lowest BCUT2D eigenvalue weighted by atomic mass is 10.0. The molecule has 0 aromatic heterocycles. The first-order valence-electron chi connectivity index (χ1n) is 7.60. The predicted molar refractivity (Wildman–Crippen MR) is 81.2 cm³/mol. The van der Waals surface area contributed by atoms with Gasteiger partial charge in [-0.15, -0.1) is 0 Å². The average Bonchev–Trinajstić information content (AvgIpc) is 3.32. The molecule has 1 aliphatic heterocycles. The molecule has 0 spiro atoms. The van der Waals surface area contributed by atoms with Crippen LogP contribution in [-0.4, -0.2) is 35.8 Å². The summed E-state index contributed by atoms with van der Waals surface area (Å²) in [5.41, 5.74) is -0.111. The van der Waals surface area contributed by atoms with Crippen molar-refractivity contribution < 1.29 is 14.0 Å². The number of carbonyl (C=O) groups excluding carboxylic acids is 2. The molecule has 2 fully saturated rings. The second-order valence-electron chi connectivity index (χ2n) is 5.94.